The number of hydrogen-bond donors (Lipinski definition) is 1. The Balaban J connectivity index is 1.83. The van der Waals surface area contributed by atoms with Gasteiger partial charge in [0.25, 0.3) is 0 Å². The van der Waals surface area contributed by atoms with Crippen LogP contribution in [0, 0.1) is 5.92 Å². The lowest BCUT2D eigenvalue weighted by molar-refractivity contribution is -0.142. The predicted octanol–water partition coefficient (Wildman–Crippen LogP) is 3.43. The van der Waals surface area contributed by atoms with Gasteiger partial charge in [-0.3, -0.25) is 9.79 Å². The Labute approximate surface area is 203 Å². The molecule has 0 bridgehead atoms. The smallest absolute Gasteiger partial charge is 0.320 e. The van der Waals surface area contributed by atoms with E-state index in [9.17, 15) is 4.79 Å². The maximum absolute atomic E-state index is 11.5. The Morgan fingerprint density at radius 3 is 2.62 bits per heavy atom. The summed E-state index contributed by atoms with van der Waals surface area (Å²) in [6.07, 6.45) is 7.79. The molecule has 1 aromatic heterocycles. The highest BCUT2D eigenvalue weighted by Crippen LogP contribution is 2.33. The van der Waals surface area contributed by atoms with Gasteiger partial charge in [-0.2, -0.15) is 9.97 Å². The summed E-state index contributed by atoms with van der Waals surface area (Å²) in [5.41, 5.74) is 6.56. The van der Waals surface area contributed by atoms with E-state index in [-0.39, 0.29) is 17.8 Å². The molecule has 1 fully saturated rings. The lowest BCUT2D eigenvalue weighted by Crippen LogP contribution is -2.35. The first-order valence-electron chi connectivity index (χ1n) is 12.3. The summed E-state index contributed by atoms with van der Waals surface area (Å²) < 4.78 is 15.9. The normalized spacial score (nSPS) is 14.7. The first kappa shape index (κ1) is 27.8. The van der Waals surface area contributed by atoms with Gasteiger partial charge in [0.05, 0.1) is 13.7 Å². The quantitative estimate of drug-likeness (QED) is 0.165. The largest absolute Gasteiger partial charge is 0.469 e. The third kappa shape index (κ3) is 9.06. The van der Waals surface area contributed by atoms with Crippen LogP contribution in [0.3, 0.4) is 0 Å². The van der Waals surface area contributed by atoms with Gasteiger partial charge in [-0.1, -0.05) is 19.8 Å². The van der Waals surface area contributed by atoms with Crippen LogP contribution in [0.1, 0.15) is 58.3 Å². The van der Waals surface area contributed by atoms with E-state index in [2.05, 4.69) is 33.5 Å². The fourth-order valence-electron chi connectivity index (χ4n) is 4.12. The molecule has 1 aliphatic heterocycles. The number of aliphatic imine (C=N–C) groups is 1. The molecule has 0 radical (unpaired) electrons. The van der Waals surface area contributed by atoms with Gasteiger partial charge in [-0.05, 0) is 64.4 Å². The molecular weight excluding hydrogens is 436 g/mol. The van der Waals surface area contributed by atoms with Crippen molar-refractivity contribution in [2.24, 2.45) is 10.9 Å². The van der Waals surface area contributed by atoms with Crippen molar-refractivity contribution in [2.75, 3.05) is 64.4 Å². The maximum Gasteiger partial charge on any atom is 0.320 e. The molecule has 10 heteroatoms. The van der Waals surface area contributed by atoms with Gasteiger partial charge in [0.2, 0.25) is 0 Å². The van der Waals surface area contributed by atoms with Crippen LogP contribution in [0.25, 0.3) is 0 Å². The average Bonchev–Trinajstić information content (AvgIpc) is 2.84. The highest BCUT2D eigenvalue weighted by Gasteiger charge is 2.22. The van der Waals surface area contributed by atoms with Crippen molar-refractivity contribution in [1.82, 2.24) is 14.9 Å². The fourth-order valence-corrected chi connectivity index (χ4v) is 4.12. The van der Waals surface area contributed by atoms with Gasteiger partial charge < -0.3 is 29.7 Å². The Kier molecular flexibility index (Phi) is 12.6. The second-order valence-electron chi connectivity index (χ2n) is 8.73. The van der Waals surface area contributed by atoms with Gasteiger partial charge in [0.1, 0.15) is 12.4 Å². The Hall–Kier alpha value is -2.46. The van der Waals surface area contributed by atoms with E-state index in [1.165, 1.54) is 7.11 Å². The number of nitrogen functional groups attached to an aromatic ring is 1. The number of methoxy groups -OCH3 is 2. The van der Waals surface area contributed by atoms with Crippen molar-refractivity contribution in [3.8, 4) is 6.01 Å². The van der Waals surface area contributed by atoms with E-state index < -0.39 is 0 Å². The highest BCUT2D eigenvalue weighted by atomic mass is 16.5. The van der Waals surface area contributed by atoms with Crippen LogP contribution in [0.2, 0.25) is 0 Å². The average molecular weight is 479 g/mol. The summed E-state index contributed by atoms with van der Waals surface area (Å²) in [6, 6.07) is 0.255. The molecule has 0 unspecified atom stereocenters. The molecular formula is C24H42N6O4. The SMILES string of the molecule is C=Nc1c(N)nc(OCCCC)nc1N(CCCCCN1CCC(CC(=O)OC)CC1)COC. The Morgan fingerprint density at radius 1 is 1.21 bits per heavy atom. The first-order valence-corrected chi connectivity index (χ1v) is 12.3. The van der Waals surface area contributed by atoms with Crippen molar-refractivity contribution in [3.63, 3.8) is 0 Å². The predicted molar refractivity (Wildman–Crippen MR) is 135 cm³/mol. The minimum absolute atomic E-state index is 0.0982. The summed E-state index contributed by atoms with van der Waals surface area (Å²) in [5.74, 6) is 1.20. The van der Waals surface area contributed by atoms with Crippen molar-refractivity contribution in [1.29, 1.82) is 0 Å². The molecule has 2 N–H and O–H groups in total. The molecule has 0 aromatic carbocycles. The Bertz CT molecular complexity index is 755. The molecule has 34 heavy (non-hydrogen) atoms. The van der Waals surface area contributed by atoms with Crippen LogP contribution in [0.5, 0.6) is 6.01 Å². The lowest BCUT2D eigenvalue weighted by atomic mass is 9.93. The highest BCUT2D eigenvalue weighted by molar-refractivity contribution is 5.75. The number of ether oxygens (including phenoxy) is 3. The van der Waals surface area contributed by atoms with Crippen LogP contribution in [0.4, 0.5) is 17.3 Å². The maximum atomic E-state index is 11.5. The fraction of sp³-hybridized carbons (Fsp3) is 0.750. The van der Waals surface area contributed by atoms with Gasteiger partial charge in [-0.15, -0.1) is 0 Å². The van der Waals surface area contributed by atoms with Crippen molar-refractivity contribution < 1.29 is 19.0 Å². The standard InChI is InChI=1S/C24H42N6O4/c1-5-6-16-34-24-27-22(25)21(26-2)23(28-24)30(18-32-3)13-9-7-8-12-29-14-10-19(11-15-29)17-20(31)33-4/h19H,2,5-18H2,1,3-4H3,(H2,25,27,28). The van der Waals surface area contributed by atoms with Crippen LogP contribution < -0.4 is 15.4 Å². The molecule has 2 rings (SSSR count). The van der Waals surface area contributed by atoms with Crippen LogP contribution >= 0.6 is 0 Å². The number of piperidine rings is 1. The number of unbranched alkanes of at least 4 members (excludes halogenated alkanes) is 3. The minimum Gasteiger partial charge on any atom is -0.469 e. The van der Waals surface area contributed by atoms with Gasteiger partial charge in [-0.25, -0.2) is 0 Å². The number of nitrogens with two attached hydrogens (primary N) is 1. The number of rotatable bonds is 16. The van der Waals surface area contributed by atoms with E-state index in [1.54, 1.807) is 7.11 Å². The van der Waals surface area contributed by atoms with Crippen molar-refractivity contribution in [3.05, 3.63) is 0 Å². The van der Waals surface area contributed by atoms with Crippen molar-refractivity contribution >= 4 is 30.0 Å². The summed E-state index contributed by atoms with van der Waals surface area (Å²) in [6.45, 7) is 10.6. The number of likely N-dealkylation sites (tertiary alicyclic amines) is 1. The lowest BCUT2D eigenvalue weighted by Gasteiger charge is -2.31. The summed E-state index contributed by atoms with van der Waals surface area (Å²) >= 11 is 0. The first-order chi connectivity index (χ1) is 16.5. The van der Waals surface area contributed by atoms with Gasteiger partial charge in [0, 0.05) is 20.1 Å². The summed E-state index contributed by atoms with van der Waals surface area (Å²) in [4.78, 5) is 28.8. The number of hydrogen-bond acceptors (Lipinski definition) is 10. The second-order valence-corrected chi connectivity index (χ2v) is 8.73. The molecule has 1 saturated heterocycles. The molecule has 1 aromatic rings. The number of nitrogens with zero attached hydrogens (tertiary/aromatic N) is 5. The zero-order valence-corrected chi connectivity index (χ0v) is 21.1. The van der Waals surface area contributed by atoms with Crippen LogP contribution in [0.15, 0.2) is 4.99 Å². The molecule has 0 amide bonds. The third-order valence-corrected chi connectivity index (χ3v) is 6.14. The van der Waals surface area contributed by atoms with E-state index in [0.29, 0.717) is 37.2 Å². The zero-order chi connectivity index (χ0) is 24.8. The van der Waals surface area contributed by atoms with E-state index in [4.69, 9.17) is 19.9 Å². The molecule has 2 heterocycles. The summed E-state index contributed by atoms with van der Waals surface area (Å²) in [7, 11) is 3.11. The number of carbonyl (C=O) groups is 1. The zero-order valence-electron chi connectivity index (χ0n) is 21.1. The van der Waals surface area contributed by atoms with Crippen molar-refractivity contribution in [2.45, 2.75) is 58.3 Å². The van der Waals surface area contributed by atoms with E-state index >= 15 is 0 Å². The third-order valence-electron chi connectivity index (χ3n) is 6.14. The van der Waals surface area contributed by atoms with Gasteiger partial charge >= 0.3 is 12.0 Å². The number of anilines is 2. The minimum atomic E-state index is -0.0982. The van der Waals surface area contributed by atoms with Crippen LogP contribution in [-0.4, -0.2) is 81.3 Å². The van der Waals surface area contributed by atoms with E-state index in [0.717, 1.165) is 71.1 Å². The number of aromatic nitrogens is 2. The Morgan fingerprint density at radius 2 is 1.97 bits per heavy atom. The summed E-state index contributed by atoms with van der Waals surface area (Å²) in [5, 5.41) is 0. The molecule has 10 nitrogen and oxygen atoms in total. The molecule has 1 aliphatic rings. The second kappa shape index (κ2) is 15.4. The van der Waals surface area contributed by atoms with E-state index in [1.807, 2.05) is 4.90 Å². The van der Waals surface area contributed by atoms with Gasteiger partial charge in [0.15, 0.2) is 11.6 Å². The van der Waals surface area contributed by atoms with Crippen LogP contribution in [-0.2, 0) is 14.3 Å². The molecule has 0 saturated carbocycles. The monoisotopic (exact) mass is 478 g/mol. The molecule has 0 aliphatic carbocycles. The number of esters is 1. The topological polar surface area (TPSA) is 115 Å². The molecule has 0 atom stereocenters. The molecule has 192 valence electrons. The molecule has 0 spiro atoms. The number of carbonyl (C=O) groups excluding carboxylic acids is 1.